The summed E-state index contributed by atoms with van der Waals surface area (Å²) in [4.78, 5) is 11.3. The van der Waals surface area contributed by atoms with Gasteiger partial charge in [-0.25, -0.2) is 0 Å². The second-order valence-corrected chi connectivity index (χ2v) is 3.50. The molecule has 0 unspecified atom stereocenters. The minimum Gasteiger partial charge on any atom is -0.497 e. The van der Waals surface area contributed by atoms with E-state index in [0.717, 1.165) is 6.07 Å². The highest BCUT2D eigenvalue weighted by atomic mass is 19.4. The smallest absolute Gasteiger partial charge is 0.497 e. The van der Waals surface area contributed by atoms with E-state index in [-0.39, 0.29) is 24.3 Å². The molecule has 0 radical (unpaired) electrons. The van der Waals surface area contributed by atoms with Crippen LogP contribution in [-0.4, -0.2) is 26.0 Å². The minimum absolute atomic E-state index is 0.0802. The Morgan fingerprint density at radius 1 is 1.32 bits per heavy atom. The predicted octanol–water partition coefficient (Wildman–Crippen LogP) is 2.70. The molecule has 0 saturated heterocycles. The number of alkyl halides is 3. The summed E-state index contributed by atoms with van der Waals surface area (Å²) in [6, 6.07) is 3.84. The van der Waals surface area contributed by atoms with Crippen LogP contribution < -0.4 is 9.47 Å². The zero-order chi connectivity index (χ0) is 14.5. The third-order valence-corrected chi connectivity index (χ3v) is 2.14. The van der Waals surface area contributed by atoms with Crippen molar-refractivity contribution in [2.45, 2.75) is 19.7 Å². The lowest BCUT2D eigenvalue weighted by Crippen LogP contribution is -2.19. The molecule has 0 aliphatic heterocycles. The fourth-order valence-corrected chi connectivity index (χ4v) is 1.40. The summed E-state index contributed by atoms with van der Waals surface area (Å²) in [6.45, 7) is 1.77. The van der Waals surface area contributed by atoms with Crippen molar-refractivity contribution in [2.75, 3.05) is 13.7 Å². The predicted molar refractivity (Wildman–Crippen MR) is 60.0 cm³/mol. The van der Waals surface area contributed by atoms with Gasteiger partial charge in [0.25, 0.3) is 0 Å². The number of carbonyl (C=O) groups excluding carboxylic acids is 1. The van der Waals surface area contributed by atoms with Gasteiger partial charge in [-0.2, -0.15) is 0 Å². The zero-order valence-corrected chi connectivity index (χ0v) is 10.4. The average molecular weight is 278 g/mol. The van der Waals surface area contributed by atoms with Crippen LogP contribution in [0.15, 0.2) is 18.2 Å². The Bertz CT molecular complexity index is 443. The second-order valence-electron chi connectivity index (χ2n) is 3.50. The van der Waals surface area contributed by atoms with Crippen molar-refractivity contribution in [3.8, 4) is 11.5 Å². The van der Waals surface area contributed by atoms with Crippen LogP contribution >= 0.6 is 0 Å². The maximum Gasteiger partial charge on any atom is 0.573 e. The highest BCUT2D eigenvalue weighted by Gasteiger charge is 2.32. The van der Waals surface area contributed by atoms with Gasteiger partial charge in [0.15, 0.2) is 0 Å². The maximum absolute atomic E-state index is 12.3. The van der Waals surface area contributed by atoms with Crippen LogP contribution in [0.1, 0.15) is 12.5 Å². The first kappa shape index (κ1) is 15.1. The number of methoxy groups -OCH3 is 1. The van der Waals surface area contributed by atoms with E-state index in [0.29, 0.717) is 0 Å². The largest absolute Gasteiger partial charge is 0.573 e. The first-order chi connectivity index (χ1) is 8.85. The summed E-state index contributed by atoms with van der Waals surface area (Å²) < 4.78 is 50.2. The second kappa shape index (κ2) is 6.31. The zero-order valence-electron chi connectivity index (χ0n) is 10.4. The average Bonchev–Trinajstić information content (AvgIpc) is 2.29. The monoisotopic (exact) mass is 278 g/mol. The minimum atomic E-state index is -4.84. The van der Waals surface area contributed by atoms with Gasteiger partial charge < -0.3 is 14.2 Å². The molecule has 1 aromatic rings. The lowest BCUT2D eigenvalue weighted by Gasteiger charge is -2.14. The van der Waals surface area contributed by atoms with Gasteiger partial charge in [-0.15, -0.1) is 13.2 Å². The molecule has 0 saturated carbocycles. The fraction of sp³-hybridized carbons (Fsp3) is 0.417. The van der Waals surface area contributed by atoms with Gasteiger partial charge in [-0.05, 0) is 13.0 Å². The first-order valence-electron chi connectivity index (χ1n) is 5.44. The van der Waals surface area contributed by atoms with Gasteiger partial charge in [0.2, 0.25) is 0 Å². The van der Waals surface area contributed by atoms with Crippen LogP contribution in [-0.2, 0) is 16.0 Å². The van der Waals surface area contributed by atoms with Crippen LogP contribution in [0.5, 0.6) is 11.5 Å². The normalized spacial score (nSPS) is 11.0. The fourth-order valence-electron chi connectivity index (χ4n) is 1.40. The van der Waals surface area contributed by atoms with Crippen molar-refractivity contribution in [1.29, 1.82) is 0 Å². The Kier molecular flexibility index (Phi) is 5.02. The lowest BCUT2D eigenvalue weighted by atomic mass is 10.1. The lowest BCUT2D eigenvalue weighted by molar-refractivity contribution is -0.275. The molecule has 0 heterocycles. The molecule has 0 amide bonds. The van der Waals surface area contributed by atoms with E-state index < -0.39 is 18.1 Å². The van der Waals surface area contributed by atoms with Crippen LogP contribution in [0, 0.1) is 0 Å². The van der Waals surface area contributed by atoms with Crippen LogP contribution in [0.25, 0.3) is 0 Å². The molecule has 0 N–H and O–H groups in total. The number of carbonyl (C=O) groups is 1. The number of hydrogen-bond donors (Lipinski definition) is 0. The van der Waals surface area contributed by atoms with Gasteiger partial charge in [0.05, 0.1) is 20.1 Å². The van der Waals surface area contributed by atoms with Crippen molar-refractivity contribution in [3.63, 3.8) is 0 Å². The van der Waals surface area contributed by atoms with Crippen molar-refractivity contribution in [3.05, 3.63) is 23.8 Å². The van der Waals surface area contributed by atoms with Crippen molar-refractivity contribution < 1.29 is 32.2 Å². The molecule has 0 aliphatic rings. The quantitative estimate of drug-likeness (QED) is 0.777. The maximum atomic E-state index is 12.3. The summed E-state index contributed by atoms with van der Waals surface area (Å²) in [5, 5.41) is 0. The number of benzene rings is 1. The van der Waals surface area contributed by atoms with Crippen molar-refractivity contribution in [2.24, 2.45) is 0 Å². The summed E-state index contributed by atoms with van der Waals surface area (Å²) in [5.74, 6) is -0.897. The van der Waals surface area contributed by atoms with E-state index in [4.69, 9.17) is 4.74 Å². The standard InChI is InChI=1S/C12H13F3O4/c1-3-18-11(16)6-8-4-5-9(17-2)7-10(8)19-12(13,14)15/h4-5,7H,3,6H2,1-2H3. The van der Waals surface area contributed by atoms with Crippen molar-refractivity contribution in [1.82, 2.24) is 0 Å². The third-order valence-electron chi connectivity index (χ3n) is 2.14. The molecule has 106 valence electrons. The Morgan fingerprint density at radius 2 is 2.00 bits per heavy atom. The van der Waals surface area contributed by atoms with E-state index in [2.05, 4.69) is 9.47 Å². The Hall–Kier alpha value is -1.92. The molecular weight excluding hydrogens is 265 g/mol. The summed E-state index contributed by atoms with van der Waals surface area (Å²) in [6.07, 6.45) is -5.14. The SMILES string of the molecule is CCOC(=O)Cc1ccc(OC)cc1OC(F)(F)F. The molecular formula is C12H13F3O4. The highest BCUT2D eigenvalue weighted by molar-refractivity contribution is 5.73. The van der Waals surface area contributed by atoms with Gasteiger partial charge >= 0.3 is 12.3 Å². The molecule has 1 aromatic carbocycles. The molecule has 0 fully saturated rings. The number of rotatable bonds is 5. The van der Waals surface area contributed by atoms with Gasteiger partial charge in [0, 0.05) is 11.6 Å². The van der Waals surface area contributed by atoms with E-state index in [1.54, 1.807) is 6.92 Å². The topological polar surface area (TPSA) is 44.8 Å². The van der Waals surface area contributed by atoms with Gasteiger partial charge in [-0.3, -0.25) is 4.79 Å². The number of halogens is 3. The molecule has 0 atom stereocenters. The molecule has 19 heavy (non-hydrogen) atoms. The molecule has 0 aliphatic carbocycles. The van der Waals surface area contributed by atoms with Gasteiger partial charge in [-0.1, -0.05) is 6.07 Å². The van der Waals surface area contributed by atoms with E-state index in [1.165, 1.54) is 19.2 Å². The summed E-state index contributed by atoms with van der Waals surface area (Å²) >= 11 is 0. The Labute approximate surface area is 108 Å². The Balaban J connectivity index is 2.98. The number of esters is 1. The molecule has 7 heteroatoms. The molecule has 0 spiro atoms. The number of hydrogen-bond acceptors (Lipinski definition) is 4. The number of ether oxygens (including phenoxy) is 3. The molecule has 4 nitrogen and oxygen atoms in total. The summed E-state index contributed by atoms with van der Waals surface area (Å²) in [7, 11) is 1.32. The van der Waals surface area contributed by atoms with Gasteiger partial charge in [0.1, 0.15) is 11.5 Å². The summed E-state index contributed by atoms with van der Waals surface area (Å²) in [5.41, 5.74) is 0.0802. The van der Waals surface area contributed by atoms with Crippen LogP contribution in [0.3, 0.4) is 0 Å². The molecule has 0 bridgehead atoms. The van der Waals surface area contributed by atoms with E-state index >= 15 is 0 Å². The van der Waals surface area contributed by atoms with E-state index in [9.17, 15) is 18.0 Å². The van der Waals surface area contributed by atoms with E-state index in [1.807, 2.05) is 0 Å². The first-order valence-corrected chi connectivity index (χ1v) is 5.44. The molecule has 0 aromatic heterocycles. The molecule has 1 rings (SSSR count). The third kappa shape index (κ3) is 5.07. The Morgan fingerprint density at radius 3 is 2.53 bits per heavy atom. The van der Waals surface area contributed by atoms with Crippen LogP contribution in [0.4, 0.5) is 13.2 Å². The van der Waals surface area contributed by atoms with Crippen LogP contribution in [0.2, 0.25) is 0 Å². The highest BCUT2D eigenvalue weighted by Crippen LogP contribution is 2.30. The van der Waals surface area contributed by atoms with Crippen molar-refractivity contribution >= 4 is 5.97 Å².